The predicted octanol–water partition coefficient (Wildman–Crippen LogP) is 3.01. The number of aromatic amines is 1. The fraction of sp³-hybridized carbons (Fsp3) is 0.158. The molecule has 1 aromatic carbocycles. The van der Waals surface area contributed by atoms with Crippen LogP contribution in [-0.4, -0.2) is 39.9 Å². The molecule has 0 aliphatic heterocycles. The first-order chi connectivity index (χ1) is 12.5. The number of benzene rings is 1. The lowest BCUT2D eigenvalue weighted by Gasteiger charge is -2.13. The highest BCUT2D eigenvalue weighted by Crippen LogP contribution is 2.27. The first-order valence-electron chi connectivity index (χ1n) is 7.99. The number of nitriles is 1. The van der Waals surface area contributed by atoms with Crippen molar-refractivity contribution in [2.24, 2.45) is 0 Å². The molecule has 0 aliphatic rings. The lowest BCUT2D eigenvalue weighted by atomic mass is 10.0. The van der Waals surface area contributed by atoms with Crippen LogP contribution in [0, 0.1) is 18.3 Å². The topological polar surface area (TPSA) is 97.7 Å². The summed E-state index contributed by atoms with van der Waals surface area (Å²) in [6.45, 7) is 1.93. The average molecular weight is 346 g/mol. The lowest BCUT2D eigenvalue weighted by molar-refractivity contribution is -0.124. The van der Waals surface area contributed by atoms with Crippen LogP contribution < -0.4 is 5.32 Å². The molecule has 0 atom stereocenters. The van der Waals surface area contributed by atoms with Crippen LogP contribution in [0.4, 0.5) is 11.5 Å². The quantitative estimate of drug-likeness (QED) is 0.559. The highest BCUT2D eigenvalue weighted by atomic mass is 16.2. The van der Waals surface area contributed by atoms with Gasteiger partial charge in [0.1, 0.15) is 29.4 Å². The van der Waals surface area contributed by atoms with Crippen molar-refractivity contribution in [3.8, 4) is 6.07 Å². The Hall–Kier alpha value is -3.66. The largest absolute Gasteiger partial charge is 0.346 e. The van der Waals surface area contributed by atoms with E-state index in [9.17, 15) is 10.1 Å². The number of H-pyrrole nitrogens is 1. The van der Waals surface area contributed by atoms with E-state index in [4.69, 9.17) is 0 Å². The molecule has 7 heteroatoms. The van der Waals surface area contributed by atoms with Gasteiger partial charge < -0.3 is 15.2 Å². The summed E-state index contributed by atoms with van der Waals surface area (Å²) in [5.74, 6) is 0.362. The Bertz CT molecular complexity index is 1040. The van der Waals surface area contributed by atoms with Gasteiger partial charge in [-0.3, -0.25) is 4.79 Å². The van der Waals surface area contributed by atoms with E-state index in [1.165, 1.54) is 11.2 Å². The summed E-state index contributed by atoms with van der Waals surface area (Å²) < 4.78 is 0. The molecule has 0 fully saturated rings. The second kappa shape index (κ2) is 7.07. The summed E-state index contributed by atoms with van der Waals surface area (Å²) in [6, 6.07) is 9.53. The van der Waals surface area contributed by atoms with Crippen LogP contribution in [0.25, 0.3) is 17.1 Å². The minimum absolute atomic E-state index is 0.0883. The van der Waals surface area contributed by atoms with Crippen molar-refractivity contribution in [3.05, 3.63) is 53.5 Å². The smallest absolute Gasteiger partial charge is 0.264 e. The molecule has 26 heavy (non-hydrogen) atoms. The number of hydrogen-bond acceptors (Lipinski definition) is 5. The van der Waals surface area contributed by atoms with E-state index in [0.717, 1.165) is 27.8 Å². The maximum atomic E-state index is 12.1. The van der Waals surface area contributed by atoms with Crippen molar-refractivity contribution in [2.75, 3.05) is 19.4 Å². The van der Waals surface area contributed by atoms with Crippen LogP contribution in [0.5, 0.6) is 0 Å². The number of aromatic nitrogens is 3. The van der Waals surface area contributed by atoms with Crippen molar-refractivity contribution in [3.63, 3.8) is 0 Å². The Morgan fingerprint density at radius 3 is 2.85 bits per heavy atom. The van der Waals surface area contributed by atoms with Crippen molar-refractivity contribution in [1.29, 1.82) is 5.26 Å². The van der Waals surface area contributed by atoms with E-state index in [2.05, 4.69) is 20.3 Å². The third-order valence-electron chi connectivity index (χ3n) is 4.04. The SMILES string of the molecule is Cc1c(C=C(C#N)C(=O)N(C)C)cccc1Nc1ncnc2[nH]ccc12. The van der Waals surface area contributed by atoms with Crippen molar-refractivity contribution < 1.29 is 4.79 Å². The van der Waals surface area contributed by atoms with Crippen LogP contribution in [-0.2, 0) is 4.79 Å². The van der Waals surface area contributed by atoms with Crippen LogP contribution >= 0.6 is 0 Å². The summed E-state index contributed by atoms with van der Waals surface area (Å²) in [5.41, 5.74) is 3.38. The fourth-order valence-corrected chi connectivity index (χ4v) is 2.58. The fourth-order valence-electron chi connectivity index (χ4n) is 2.58. The van der Waals surface area contributed by atoms with Crippen molar-refractivity contribution in [1.82, 2.24) is 19.9 Å². The number of nitrogens with one attached hydrogen (secondary N) is 2. The number of nitrogens with zero attached hydrogens (tertiary/aromatic N) is 4. The molecule has 0 saturated carbocycles. The standard InChI is InChI=1S/C19H18N6O/c1-12-13(9-14(10-20)19(26)25(2)3)5-4-6-16(12)24-18-15-7-8-21-17(15)22-11-23-18/h4-9,11H,1-3H3,(H2,21,22,23,24). The molecule has 1 amide bonds. The van der Waals surface area contributed by atoms with Crippen LogP contribution in [0.2, 0.25) is 0 Å². The van der Waals surface area contributed by atoms with Gasteiger partial charge in [-0.15, -0.1) is 0 Å². The Labute approximate surface area is 151 Å². The second-order valence-electron chi connectivity index (χ2n) is 5.98. The molecule has 0 aliphatic carbocycles. The maximum Gasteiger partial charge on any atom is 0.264 e. The van der Waals surface area contributed by atoms with E-state index in [1.807, 2.05) is 43.5 Å². The zero-order chi connectivity index (χ0) is 18.7. The minimum atomic E-state index is -0.324. The van der Waals surface area contributed by atoms with Gasteiger partial charge in [0.2, 0.25) is 0 Å². The number of carbonyl (C=O) groups is 1. The highest BCUT2D eigenvalue weighted by Gasteiger charge is 2.13. The zero-order valence-electron chi connectivity index (χ0n) is 14.7. The van der Waals surface area contributed by atoms with E-state index >= 15 is 0 Å². The summed E-state index contributed by atoms with van der Waals surface area (Å²) in [7, 11) is 3.24. The molecule has 0 spiro atoms. The third-order valence-corrected chi connectivity index (χ3v) is 4.04. The first kappa shape index (κ1) is 17.2. The monoisotopic (exact) mass is 346 g/mol. The summed E-state index contributed by atoms with van der Waals surface area (Å²) in [5, 5.41) is 13.5. The van der Waals surface area contributed by atoms with Crippen LogP contribution in [0.3, 0.4) is 0 Å². The second-order valence-corrected chi connectivity index (χ2v) is 5.98. The number of anilines is 2. The van der Waals surface area contributed by atoms with Gasteiger partial charge in [-0.25, -0.2) is 9.97 Å². The maximum absolute atomic E-state index is 12.1. The van der Waals surface area contributed by atoms with Gasteiger partial charge in [0.25, 0.3) is 5.91 Å². The van der Waals surface area contributed by atoms with Crippen molar-refractivity contribution >= 4 is 34.5 Å². The van der Waals surface area contributed by atoms with Crippen molar-refractivity contribution in [2.45, 2.75) is 6.92 Å². The lowest BCUT2D eigenvalue weighted by Crippen LogP contribution is -2.22. The molecular formula is C19H18N6O. The van der Waals surface area contributed by atoms with Crippen LogP contribution in [0.15, 0.2) is 42.4 Å². The Balaban J connectivity index is 1.99. The van der Waals surface area contributed by atoms with E-state index in [0.29, 0.717) is 5.82 Å². The van der Waals surface area contributed by atoms with Gasteiger partial charge >= 0.3 is 0 Å². The summed E-state index contributed by atoms with van der Waals surface area (Å²) >= 11 is 0. The molecule has 130 valence electrons. The first-order valence-corrected chi connectivity index (χ1v) is 7.99. The van der Waals surface area contributed by atoms with Gasteiger partial charge in [0.15, 0.2) is 0 Å². The molecule has 7 nitrogen and oxygen atoms in total. The van der Waals surface area contributed by atoms with Gasteiger partial charge in [-0.05, 0) is 36.3 Å². The molecular weight excluding hydrogens is 328 g/mol. The number of likely N-dealkylation sites (N-methyl/N-ethyl adjacent to an activating group) is 1. The zero-order valence-corrected chi connectivity index (χ0v) is 14.7. The predicted molar refractivity (Wildman–Crippen MR) is 101 cm³/mol. The van der Waals surface area contributed by atoms with Gasteiger partial charge in [-0.1, -0.05) is 12.1 Å². The number of amides is 1. The molecule has 2 aromatic heterocycles. The number of rotatable bonds is 4. The Morgan fingerprint density at radius 2 is 2.12 bits per heavy atom. The molecule has 3 rings (SSSR count). The molecule has 0 saturated heterocycles. The molecule has 0 radical (unpaired) electrons. The van der Waals surface area contributed by atoms with E-state index in [1.54, 1.807) is 20.2 Å². The highest BCUT2D eigenvalue weighted by molar-refractivity contribution is 6.01. The molecule has 0 unspecified atom stereocenters. The molecule has 2 heterocycles. The van der Waals surface area contributed by atoms with Gasteiger partial charge in [0.05, 0.1) is 5.39 Å². The number of hydrogen-bond donors (Lipinski definition) is 2. The summed E-state index contributed by atoms with van der Waals surface area (Å²) in [4.78, 5) is 25.0. The number of fused-ring (bicyclic) bond motifs is 1. The van der Waals surface area contributed by atoms with Gasteiger partial charge in [0, 0.05) is 26.0 Å². The molecule has 2 N–H and O–H groups in total. The minimum Gasteiger partial charge on any atom is -0.346 e. The Kier molecular flexibility index (Phi) is 4.67. The molecule has 3 aromatic rings. The normalized spacial score (nSPS) is 11.2. The third kappa shape index (κ3) is 3.26. The Morgan fingerprint density at radius 1 is 1.31 bits per heavy atom. The number of carbonyl (C=O) groups excluding carboxylic acids is 1. The van der Waals surface area contributed by atoms with Crippen LogP contribution in [0.1, 0.15) is 11.1 Å². The summed E-state index contributed by atoms with van der Waals surface area (Å²) in [6.07, 6.45) is 4.90. The van der Waals surface area contributed by atoms with E-state index in [-0.39, 0.29) is 11.5 Å². The van der Waals surface area contributed by atoms with E-state index < -0.39 is 0 Å². The molecule has 0 bridgehead atoms. The van der Waals surface area contributed by atoms with Gasteiger partial charge in [-0.2, -0.15) is 5.26 Å². The average Bonchev–Trinajstić information content (AvgIpc) is 3.11.